The number of benzene rings is 9. The summed E-state index contributed by atoms with van der Waals surface area (Å²) in [5.41, 5.74) is 10.7. The Hall–Kier alpha value is -9.38. The number of nitrogens with zero attached hydrogens (tertiary/aromatic N) is 6. The fraction of sp³-hybridized carbons (Fsp3) is 0.0164. The van der Waals surface area contributed by atoms with Gasteiger partial charge in [0.25, 0.3) is 0 Å². The van der Waals surface area contributed by atoms with Gasteiger partial charge in [-0.2, -0.15) is 0 Å². The highest BCUT2D eigenvalue weighted by atomic mass is 15.0. The SMILES string of the molecule is C(=NCc1ccccc1)c1ccc(-c2ccccc2)cc1.C=NC(=N)c1cc(-c2nc(-c3ccccc3)nc(-c3ccccc3)n2)ccc1-n1c2c#ccc3c4ccccc4c4cccc1c4c32. The molecule has 0 fully saturated rings. The lowest BCUT2D eigenvalue weighted by molar-refractivity contribution is 1.07. The highest BCUT2D eigenvalue weighted by molar-refractivity contribution is 6.34. The van der Waals surface area contributed by atoms with Crippen LogP contribution in [0.4, 0.5) is 0 Å². The quantitative estimate of drug-likeness (QED) is 0.0889. The molecule has 0 aliphatic heterocycles. The van der Waals surface area contributed by atoms with E-state index in [1.54, 1.807) is 0 Å². The summed E-state index contributed by atoms with van der Waals surface area (Å²) >= 11 is 0. The molecular weight excluding hydrogens is 831 g/mol. The van der Waals surface area contributed by atoms with Gasteiger partial charge in [-0.25, -0.2) is 19.9 Å². The highest BCUT2D eigenvalue weighted by Crippen LogP contribution is 2.43. The standard InChI is InChI=1S/C41H24N6.C20H17N/c1-43-38(42)32-24-27(41-45-39(25-12-4-2-5-13-25)44-40(46-41)26-14-6-3-7-15-26)22-23-33(32)47-34-20-10-18-30-28-16-8-9-17-29(28)31-19-11-21-35(47)37(31)36(30)34;1-3-7-17(8-4-1)15-21-16-18-11-13-20(14-12-18)19-9-5-2-6-10-19/h2-10,12-20,22-24,42H,1H2;1-14,16H,15H2. The smallest absolute Gasteiger partial charge is 0.164 e. The zero-order valence-corrected chi connectivity index (χ0v) is 36.9. The molecule has 0 radical (unpaired) electrons. The molecule has 1 N–H and O–H groups in total. The highest BCUT2D eigenvalue weighted by Gasteiger charge is 2.23. The van der Waals surface area contributed by atoms with E-state index in [9.17, 15) is 0 Å². The molecule has 0 aliphatic carbocycles. The Balaban J connectivity index is 0.000000202. The van der Waals surface area contributed by atoms with Gasteiger partial charge in [0.05, 0.1) is 17.7 Å². The van der Waals surface area contributed by atoms with Crippen LogP contribution in [0.5, 0.6) is 0 Å². The summed E-state index contributed by atoms with van der Waals surface area (Å²) in [6.45, 7) is 4.44. The number of rotatable bonds is 9. The topological polar surface area (TPSA) is 92.2 Å². The lowest BCUT2D eigenvalue weighted by Crippen LogP contribution is -2.06. The summed E-state index contributed by atoms with van der Waals surface area (Å²) in [7, 11) is 0. The number of aliphatic imine (C=N–C) groups is 2. The second kappa shape index (κ2) is 18.2. The van der Waals surface area contributed by atoms with Gasteiger partial charge >= 0.3 is 0 Å². The molecule has 2 heterocycles. The van der Waals surface area contributed by atoms with Gasteiger partial charge in [0.2, 0.25) is 0 Å². The van der Waals surface area contributed by atoms with Gasteiger partial charge in [-0.1, -0.05) is 188 Å². The van der Waals surface area contributed by atoms with Crippen molar-refractivity contribution >= 4 is 62.1 Å². The Bertz CT molecular complexity index is 3630. The Morgan fingerprint density at radius 1 is 0.529 bits per heavy atom. The van der Waals surface area contributed by atoms with E-state index in [1.807, 2.05) is 115 Å². The Morgan fingerprint density at radius 2 is 1.06 bits per heavy atom. The minimum atomic E-state index is 0.0481. The minimum Gasteiger partial charge on any atom is -0.301 e. The second-order valence-corrected chi connectivity index (χ2v) is 16.4. The molecule has 0 unspecified atom stereocenters. The molecule has 2 aromatic heterocycles. The van der Waals surface area contributed by atoms with E-state index in [0.717, 1.165) is 61.7 Å². The van der Waals surface area contributed by atoms with Crippen LogP contribution < -0.4 is 0 Å². The molecule has 0 atom stereocenters. The van der Waals surface area contributed by atoms with E-state index in [4.69, 9.17) is 20.4 Å². The van der Waals surface area contributed by atoms with Crippen LogP contribution in [0, 0.1) is 17.5 Å². The molecule has 12 rings (SSSR count). The van der Waals surface area contributed by atoms with Gasteiger partial charge in [0.15, 0.2) is 23.3 Å². The molecule has 320 valence electrons. The average molecular weight is 872 g/mol. The van der Waals surface area contributed by atoms with Gasteiger partial charge < -0.3 is 4.57 Å². The van der Waals surface area contributed by atoms with Crippen molar-refractivity contribution in [2.24, 2.45) is 9.98 Å². The molecule has 10 aromatic carbocycles. The zero-order chi connectivity index (χ0) is 45.8. The van der Waals surface area contributed by atoms with Gasteiger partial charge in [0, 0.05) is 44.6 Å². The number of nitrogens with one attached hydrogen (secondary N) is 1. The van der Waals surface area contributed by atoms with Gasteiger partial charge in [0.1, 0.15) is 5.52 Å². The predicted octanol–water partition coefficient (Wildman–Crippen LogP) is 14.3. The molecule has 7 heteroatoms. The van der Waals surface area contributed by atoms with Crippen molar-refractivity contribution in [3.63, 3.8) is 0 Å². The van der Waals surface area contributed by atoms with Crippen molar-refractivity contribution in [1.82, 2.24) is 19.5 Å². The largest absolute Gasteiger partial charge is 0.301 e. The molecule has 0 bridgehead atoms. The molecule has 0 saturated carbocycles. The van der Waals surface area contributed by atoms with Crippen LogP contribution in [0.3, 0.4) is 0 Å². The number of amidine groups is 1. The number of aromatic nitrogens is 4. The molecule has 0 saturated heterocycles. The fourth-order valence-electron chi connectivity index (χ4n) is 8.92. The Kier molecular flexibility index (Phi) is 11.1. The predicted molar refractivity (Wildman–Crippen MR) is 280 cm³/mol. The van der Waals surface area contributed by atoms with Crippen molar-refractivity contribution in [3.05, 3.63) is 241 Å². The number of fused-ring (bicyclic) bond motifs is 3. The van der Waals surface area contributed by atoms with Crippen LogP contribution in [-0.4, -0.2) is 38.3 Å². The summed E-state index contributed by atoms with van der Waals surface area (Å²) in [4.78, 5) is 23.2. The van der Waals surface area contributed by atoms with E-state index in [-0.39, 0.29) is 5.84 Å². The first kappa shape index (κ1) is 41.3. The third kappa shape index (κ3) is 7.93. The average Bonchev–Trinajstić information content (AvgIpc) is 3.76. The second-order valence-electron chi connectivity index (χ2n) is 16.4. The third-order valence-electron chi connectivity index (χ3n) is 12.2. The molecule has 0 aliphatic rings. The monoisotopic (exact) mass is 871 g/mol. The maximum Gasteiger partial charge on any atom is 0.164 e. The molecule has 0 spiro atoms. The van der Waals surface area contributed by atoms with Crippen LogP contribution >= 0.6 is 0 Å². The first-order valence-electron chi connectivity index (χ1n) is 22.4. The molecular formula is C61H41N7. The molecule has 68 heavy (non-hydrogen) atoms. The molecule has 7 nitrogen and oxygen atoms in total. The first-order valence-corrected chi connectivity index (χ1v) is 22.4. The van der Waals surface area contributed by atoms with E-state index < -0.39 is 0 Å². The van der Waals surface area contributed by atoms with E-state index in [0.29, 0.717) is 23.0 Å². The summed E-state index contributed by atoms with van der Waals surface area (Å²) < 4.78 is 2.16. The van der Waals surface area contributed by atoms with Crippen LogP contribution in [0.25, 0.3) is 94.3 Å². The number of hydrogen-bond acceptors (Lipinski definition) is 5. The Morgan fingerprint density at radius 3 is 1.69 bits per heavy atom. The van der Waals surface area contributed by atoms with Crippen molar-refractivity contribution in [1.29, 1.82) is 5.41 Å². The Labute approximate surface area is 394 Å². The number of hydrogen-bond donors (Lipinski definition) is 1. The fourth-order valence-corrected chi connectivity index (χ4v) is 8.92. The van der Waals surface area contributed by atoms with Crippen molar-refractivity contribution in [2.75, 3.05) is 0 Å². The van der Waals surface area contributed by atoms with Gasteiger partial charge in [-0.05, 0) is 81.5 Å². The lowest BCUT2D eigenvalue weighted by atomic mass is 9.95. The first-order chi connectivity index (χ1) is 33.6. The van der Waals surface area contributed by atoms with Crippen LogP contribution in [0.1, 0.15) is 16.7 Å². The summed E-state index contributed by atoms with van der Waals surface area (Å²) in [5.74, 6) is 1.69. The maximum atomic E-state index is 8.94. The third-order valence-corrected chi connectivity index (χ3v) is 12.2. The van der Waals surface area contributed by atoms with Crippen molar-refractivity contribution in [2.45, 2.75) is 6.54 Å². The van der Waals surface area contributed by atoms with Crippen LogP contribution in [0.2, 0.25) is 0 Å². The summed E-state index contributed by atoms with van der Waals surface area (Å²) in [6.07, 6.45) is 1.93. The van der Waals surface area contributed by atoms with Crippen LogP contribution in [0.15, 0.2) is 222 Å². The zero-order valence-electron chi connectivity index (χ0n) is 36.9. The van der Waals surface area contributed by atoms with Gasteiger partial charge in [-0.15, -0.1) is 0 Å². The van der Waals surface area contributed by atoms with Crippen molar-refractivity contribution < 1.29 is 0 Å². The van der Waals surface area contributed by atoms with E-state index >= 15 is 0 Å². The van der Waals surface area contributed by atoms with Crippen LogP contribution in [-0.2, 0) is 6.54 Å². The van der Waals surface area contributed by atoms with E-state index in [2.05, 4.69) is 137 Å². The lowest BCUT2D eigenvalue weighted by Gasteiger charge is -2.14. The normalized spacial score (nSPS) is 11.2. The summed E-state index contributed by atoms with van der Waals surface area (Å²) in [6, 6.07) is 78.5. The molecule has 0 amide bonds. The minimum absolute atomic E-state index is 0.0481. The molecule has 12 aromatic rings. The summed E-state index contributed by atoms with van der Waals surface area (Å²) in [5, 5.41) is 15.9. The van der Waals surface area contributed by atoms with E-state index in [1.165, 1.54) is 32.8 Å². The van der Waals surface area contributed by atoms with Gasteiger partial charge in [-0.3, -0.25) is 10.4 Å². The maximum absolute atomic E-state index is 8.94. The van der Waals surface area contributed by atoms with Crippen molar-refractivity contribution in [3.8, 4) is 51.0 Å².